The number of hydrogen-bond acceptors (Lipinski definition) is 11. The second-order valence-electron chi connectivity index (χ2n) is 20.1. The maximum absolute atomic E-state index is 15.5. The number of ether oxygens (including phenoxy) is 9. The van der Waals surface area contributed by atoms with Gasteiger partial charge in [-0.15, -0.1) is 0 Å². The maximum Gasteiger partial charge on any atom is 0.308 e. The molecule has 11 nitrogen and oxygen atoms in total. The van der Waals surface area contributed by atoms with E-state index in [1.165, 1.54) is 13.0 Å². The van der Waals surface area contributed by atoms with E-state index in [0.717, 1.165) is 44.5 Å². The first-order chi connectivity index (χ1) is 40.9. The van der Waals surface area contributed by atoms with E-state index in [1.54, 1.807) is 12.1 Å². The Morgan fingerprint density at radius 3 is 1.29 bits per heavy atom. The van der Waals surface area contributed by atoms with Crippen molar-refractivity contribution in [3.63, 3.8) is 0 Å². The van der Waals surface area contributed by atoms with Crippen molar-refractivity contribution in [3.05, 3.63) is 304 Å². The van der Waals surface area contributed by atoms with E-state index in [1.807, 2.05) is 237 Å². The number of carbonyl (C=O) groups is 2. The van der Waals surface area contributed by atoms with Gasteiger partial charge in [0.25, 0.3) is 0 Å². The van der Waals surface area contributed by atoms with Gasteiger partial charge in [0.1, 0.15) is 73.2 Å². The van der Waals surface area contributed by atoms with E-state index in [-0.39, 0.29) is 74.6 Å². The standard InChI is InChI=1S/C72H66O11/c1-52(73)82-69-66(62(74)42-39-53-37-40-61(41-38-53)76-45-55-25-11-3-12-26-55)63(77-46-56-27-13-4-14-28-56)43-64(78-47-57-29-15-5-16-30-57)67(69)70-72(81-50-60-35-21-8-22-36-60)71(80-49-59-33-19-7-20-34-59)68(79-48-58-31-17-6-18-32-58)65(83-70)51-75-44-54-23-9-2-10-24-54/h2-43,65,68,70-72H,44-51H2,1H3/t65-,68-,70?,71+,72+/m1/s1. The Morgan fingerprint density at radius 2 is 0.831 bits per heavy atom. The topological polar surface area (TPSA) is 117 Å². The highest BCUT2D eigenvalue weighted by atomic mass is 16.6. The van der Waals surface area contributed by atoms with Crippen molar-refractivity contribution >= 4 is 17.8 Å². The molecule has 1 unspecified atom stereocenters. The van der Waals surface area contributed by atoms with Gasteiger partial charge in [0, 0.05) is 13.0 Å². The summed E-state index contributed by atoms with van der Waals surface area (Å²) < 4.78 is 61.7. The molecule has 0 amide bonds. The van der Waals surface area contributed by atoms with Crippen LogP contribution < -0.4 is 18.9 Å². The van der Waals surface area contributed by atoms with E-state index in [2.05, 4.69) is 0 Å². The third kappa shape index (κ3) is 16.4. The average molecular weight is 1110 g/mol. The van der Waals surface area contributed by atoms with Crippen LogP contribution in [0.5, 0.6) is 23.0 Å². The van der Waals surface area contributed by atoms with Crippen LogP contribution in [0.3, 0.4) is 0 Å². The van der Waals surface area contributed by atoms with Gasteiger partial charge in [-0.2, -0.15) is 0 Å². The molecule has 1 heterocycles. The van der Waals surface area contributed by atoms with E-state index < -0.39 is 42.3 Å². The molecule has 0 N–H and O–H groups in total. The van der Waals surface area contributed by atoms with Crippen molar-refractivity contribution in [2.75, 3.05) is 6.61 Å². The number of allylic oxidation sites excluding steroid dienone is 1. The molecule has 83 heavy (non-hydrogen) atoms. The summed E-state index contributed by atoms with van der Waals surface area (Å²) in [6, 6.07) is 77.8. The minimum Gasteiger partial charge on any atom is -0.489 e. The summed E-state index contributed by atoms with van der Waals surface area (Å²) in [6.45, 7) is 2.62. The zero-order chi connectivity index (χ0) is 56.8. The summed E-state index contributed by atoms with van der Waals surface area (Å²) in [4.78, 5) is 29.4. The first-order valence-corrected chi connectivity index (χ1v) is 27.9. The number of hydrogen-bond donors (Lipinski definition) is 0. The quantitative estimate of drug-likeness (QED) is 0.0212. The number of benzene rings is 9. The summed E-state index contributed by atoms with van der Waals surface area (Å²) in [5, 5.41) is 0. The Hall–Kier alpha value is -8.94. The first-order valence-electron chi connectivity index (χ1n) is 27.9. The lowest BCUT2D eigenvalue weighted by atomic mass is 9.87. The lowest BCUT2D eigenvalue weighted by molar-refractivity contribution is -0.275. The van der Waals surface area contributed by atoms with Crippen molar-refractivity contribution in [1.82, 2.24) is 0 Å². The number of esters is 1. The van der Waals surface area contributed by atoms with Crippen LogP contribution in [0.2, 0.25) is 0 Å². The number of rotatable bonds is 27. The first kappa shape index (κ1) is 57.3. The molecule has 1 aliphatic heterocycles. The summed E-state index contributed by atoms with van der Waals surface area (Å²) in [5.41, 5.74) is 7.33. The van der Waals surface area contributed by atoms with Gasteiger partial charge >= 0.3 is 5.97 Å². The molecule has 10 rings (SSSR count). The van der Waals surface area contributed by atoms with Gasteiger partial charge in [-0.25, -0.2) is 0 Å². The van der Waals surface area contributed by atoms with Gasteiger partial charge < -0.3 is 42.6 Å². The van der Waals surface area contributed by atoms with E-state index in [4.69, 9.17) is 42.6 Å². The zero-order valence-corrected chi connectivity index (χ0v) is 46.3. The largest absolute Gasteiger partial charge is 0.489 e. The fraction of sp³-hybridized carbons (Fsp3) is 0.194. The molecule has 0 spiro atoms. The van der Waals surface area contributed by atoms with Crippen LogP contribution in [0.15, 0.2) is 249 Å². The molecular weight excluding hydrogens is 1040 g/mol. The van der Waals surface area contributed by atoms with Crippen LogP contribution >= 0.6 is 0 Å². The van der Waals surface area contributed by atoms with E-state index >= 15 is 4.79 Å². The smallest absolute Gasteiger partial charge is 0.308 e. The van der Waals surface area contributed by atoms with E-state index in [0.29, 0.717) is 12.4 Å². The predicted molar refractivity (Wildman–Crippen MR) is 319 cm³/mol. The van der Waals surface area contributed by atoms with Crippen LogP contribution in [-0.4, -0.2) is 42.8 Å². The summed E-state index contributed by atoms with van der Waals surface area (Å²) in [7, 11) is 0. The molecule has 1 saturated heterocycles. The Labute approximate surface area is 485 Å². The van der Waals surface area contributed by atoms with Gasteiger partial charge in [-0.1, -0.05) is 231 Å². The third-order valence-corrected chi connectivity index (χ3v) is 13.9. The molecule has 5 atom stereocenters. The summed E-state index contributed by atoms with van der Waals surface area (Å²) >= 11 is 0. The van der Waals surface area contributed by atoms with Gasteiger partial charge in [-0.3, -0.25) is 9.59 Å². The fourth-order valence-electron chi connectivity index (χ4n) is 9.78. The molecule has 1 aliphatic rings. The molecule has 11 heteroatoms. The number of ketones is 1. The molecule has 9 aromatic rings. The SMILES string of the molecule is CC(=O)Oc1c(C(=O)C=Cc2ccc(OCc3ccccc3)cc2)c(OCc2ccccc2)cc(OCc2ccccc2)c1C1O[C@H](COCc2ccccc2)[C@@H](OCc2ccccc2)[C@H](OCc2ccccc2)[C@H]1OCc1ccccc1. The van der Waals surface area contributed by atoms with Crippen molar-refractivity contribution in [3.8, 4) is 23.0 Å². The van der Waals surface area contributed by atoms with E-state index in [9.17, 15) is 4.79 Å². The van der Waals surface area contributed by atoms with Crippen molar-refractivity contribution in [2.45, 2.75) is 83.7 Å². The van der Waals surface area contributed by atoms with Gasteiger partial charge in [-0.05, 0) is 62.7 Å². The second-order valence-corrected chi connectivity index (χ2v) is 20.1. The molecule has 0 radical (unpaired) electrons. The molecule has 0 saturated carbocycles. The van der Waals surface area contributed by atoms with Crippen molar-refractivity contribution in [2.24, 2.45) is 0 Å². The monoisotopic (exact) mass is 1110 g/mol. The Morgan fingerprint density at radius 1 is 0.434 bits per heavy atom. The highest BCUT2D eigenvalue weighted by Gasteiger charge is 2.51. The van der Waals surface area contributed by atoms with Gasteiger partial charge in [0.2, 0.25) is 0 Å². The van der Waals surface area contributed by atoms with Gasteiger partial charge in [0.15, 0.2) is 11.5 Å². The molecule has 9 aromatic carbocycles. The maximum atomic E-state index is 15.5. The Balaban J connectivity index is 1.13. The average Bonchev–Trinajstić information content (AvgIpc) is 3.57. The normalized spacial score (nSPS) is 16.7. The Bertz CT molecular complexity index is 3440. The Kier molecular flexibility index (Phi) is 20.5. The van der Waals surface area contributed by atoms with Crippen LogP contribution in [0.25, 0.3) is 6.08 Å². The fourth-order valence-corrected chi connectivity index (χ4v) is 9.78. The second kappa shape index (κ2) is 29.7. The molecule has 0 aromatic heterocycles. The highest BCUT2D eigenvalue weighted by Crippen LogP contribution is 2.50. The molecule has 0 bridgehead atoms. The van der Waals surface area contributed by atoms with Gasteiger partial charge in [0.05, 0.1) is 38.6 Å². The predicted octanol–water partition coefficient (Wildman–Crippen LogP) is 14.7. The minimum absolute atomic E-state index is 0.0352. The molecular formula is C72H66O11. The third-order valence-electron chi connectivity index (χ3n) is 13.9. The van der Waals surface area contributed by atoms with Crippen LogP contribution in [0.1, 0.15) is 73.5 Å². The molecule has 1 fully saturated rings. The lowest BCUT2D eigenvalue weighted by Gasteiger charge is -2.47. The van der Waals surface area contributed by atoms with Crippen molar-refractivity contribution < 1.29 is 52.2 Å². The summed E-state index contributed by atoms with van der Waals surface area (Å²) in [5.74, 6) is -0.360. The van der Waals surface area contributed by atoms with Crippen molar-refractivity contribution in [1.29, 1.82) is 0 Å². The zero-order valence-electron chi connectivity index (χ0n) is 46.3. The minimum atomic E-state index is -1.19. The summed E-state index contributed by atoms with van der Waals surface area (Å²) in [6.07, 6.45) is -1.65. The van der Waals surface area contributed by atoms with Crippen LogP contribution in [0, 0.1) is 0 Å². The lowest BCUT2D eigenvalue weighted by Crippen LogP contribution is -2.58. The number of carbonyl (C=O) groups excluding carboxylic acids is 2. The van der Waals surface area contributed by atoms with Crippen LogP contribution in [-0.2, 0) is 74.7 Å². The molecule has 0 aliphatic carbocycles. The highest BCUT2D eigenvalue weighted by molar-refractivity contribution is 6.11. The molecule has 420 valence electrons. The van der Waals surface area contributed by atoms with Crippen LogP contribution in [0.4, 0.5) is 0 Å².